The SMILES string of the molecule is CCC=CC(=N)C(=O)Nc1ccc(C(=O)OC)cc1. The summed E-state index contributed by atoms with van der Waals surface area (Å²) >= 11 is 0. The molecule has 0 radical (unpaired) electrons. The van der Waals surface area contributed by atoms with E-state index in [1.54, 1.807) is 30.3 Å². The molecule has 19 heavy (non-hydrogen) atoms. The van der Waals surface area contributed by atoms with Crippen molar-refractivity contribution in [2.24, 2.45) is 0 Å². The monoisotopic (exact) mass is 260 g/mol. The van der Waals surface area contributed by atoms with Gasteiger partial charge in [-0.2, -0.15) is 0 Å². The molecule has 0 saturated heterocycles. The molecule has 0 aliphatic rings. The first-order chi connectivity index (χ1) is 9.08. The van der Waals surface area contributed by atoms with Gasteiger partial charge in [0.05, 0.1) is 12.7 Å². The summed E-state index contributed by atoms with van der Waals surface area (Å²) in [6.45, 7) is 1.92. The molecule has 0 saturated carbocycles. The molecule has 0 fully saturated rings. The largest absolute Gasteiger partial charge is 0.465 e. The quantitative estimate of drug-likeness (QED) is 0.630. The number of hydrogen-bond donors (Lipinski definition) is 2. The molecule has 2 N–H and O–H groups in total. The fraction of sp³-hybridized carbons (Fsp3) is 0.214. The van der Waals surface area contributed by atoms with Gasteiger partial charge in [-0.1, -0.05) is 13.0 Å². The van der Waals surface area contributed by atoms with Gasteiger partial charge in [-0.15, -0.1) is 0 Å². The zero-order valence-electron chi connectivity index (χ0n) is 10.9. The number of carbonyl (C=O) groups excluding carboxylic acids is 2. The first-order valence-corrected chi connectivity index (χ1v) is 5.83. The number of benzene rings is 1. The Bertz CT molecular complexity index is 504. The number of nitrogens with one attached hydrogen (secondary N) is 2. The smallest absolute Gasteiger partial charge is 0.337 e. The topological polar surface area (TPSA) is 79.3 Å². The van der Waals surface area contributed by atoms with Crippen molar-refractivity contribution >= 4 is 23.3 Å². The Kier molecular flexibility index (Phi) is 5.47. The fourth-order valence-electron chi connectivity index (χ4n) is 1.32. The van der Waals surface area contributed by atoms with Crippen LogP contribution in [-0.4, -0.2) is 24.7 Å². The van der Waals surface area contributed by atoms with Crippen molar-refractivity contribution in [3.05, 3.63) is 42.0 Å². The lowest BCUT2D eigenvalue weighted by Gasteiger charge is -2.05. The molecular formula is C14H16N2O3. The maximum Gasteiger partial charge on any atom is 0.337 e. The minimum absolute atomic E-state index is 0.112. The summed E-state index contributed by atoms with van der Waals surface area (Å²) in [6, 6.07) is 6.27. The van der Waals surface area contributed by atoms with Crippen LogP contribution in [0.15, 0.2) is 36.4 Å². The van der Waals surface area contributed by atoms with Crippen LogP contribution in [0.1, 0.15) is 23.7 Å². The Morgan fingerprint density at radius 1 is 1.32 bits per heavy atom. The van der Waals surface area contributed by atoms with Crippen LogP contribution < -0.4 is 5.32 Å². The van der Waals surface area contributed by atoms with Gasteiger partial charge in [0.15, 0.2) is 0 Å². The van der Waals surface area contributed by atoms with Gasteiger partial charge in [0.25, 0.3) is 5.91 Å². The highest BCUT2D eigenvalue weighted by Crippen LogP contribution is 2.10. The van der Waals surface area contributed by atoms with Crippen molar-refractivity contribution in [2.75, 3.05) is 12.4 Å². The number of ether oxygens (including phenoxy) is 1. The molecule has 0 atom stereocenters. The molecular weight excluding hydrogens is 244 g/mol. The minimum Gasteiger partial charge on any atom is -0.465 e. The Morgan fingerprint density at radius 3 is 2.47 bits per heavy atom. The molecule has 1 rings (SSSR count). The normalized spacial score (nSPS) is 10.2. The van der Waals surface area contributed by atoms with Crippen LogP contribution in [0, 0.1) is 5.41 Å². The molecule has 0 aromatic heterocycles. The van der Waals surface area contributed by atoms with Crippen LogP contribution in [0.4, 0.5) is 5.69 Å². The number of rotatable bonds is 5. The summed E-state index contributed by atoms with van der Waals surface area (Å²) in [5.74, 6) is -0.924. The molecule has 0 aliphatic carbocycles. The standard InChI is InChI=1S/C14H16N2O3/c1-3-4-5-12(15)13(17)16-11-8-6-10(7-9-11)14(18)19-2/h4-9,15H,3H2,1-2H3,(H,16,17). The third-order valence-electron chi connectivity index (χ3n) is 2.33. The molecule has 0 unspecified atom stereocenters. The van der Waals surface area contributed by atoms with Crippen LogP contribution in [0.5, 0.6) is 0 Å². The number of esters is 1. The molecule has 0 aliphatic heterocycles. The van der Waals surface area contributed by atoms with Gasteiger partial charge in [-0.25, -0.2) is 4.79 Å². The summed E-state index contributed by atoms with van der Waals surface area (Å²) in [5, 5.41) is 10.1. The Labute approximate surface area is 111 Å². The maximum atomic E-state index is 11.6. The van der Waals surface area contributed by atoms with Crippen LogP contribution in [0.2, 0.25) is 0 Å². The van der Waals surface area contributed by atoms with Crippen molar-refractivity contribution in [1.82, 2.24) is 0 Å². The second-order valence-corrected chi connectivity index (χ2v) is 3.75. The zero-order chi connectivity index (χ0) is 14.3. The average molecular weight is 260 g/mol. The van der Waals surface area contributed by atoms with Gasteiger partial charge < -0.3 is 10.1 Å². The van der Waals surface area contributed by atoms with Gasteiger partial charge in [0, 0.05) is 5.69 Å². The van der Waals surface area contributed by atoms with Crippen molar-refractivity contribution in [3.63, 3.8) is 0 Å². The van der Waals surface area contributed by atoms with Gasteiger partial charge in [0.2, 0.25) is 0 Å². The van der Waals surface area contributed by atoms with Crippen molar-refractivity contribution < 1.29 is 14.3 Å². The third-order valence-corrected chi connectivity index (χ3v) is 2.33. The van der Waals surface area contributed by atoms with Crippen LogP contribution in [-0.2, 0) is 9.53 Å². The molecule has 0 bridgehead atoms. The number of carbonyl (C=O) groups is 2. The second-order valence-electron chi connectivity index (χ2n) is 3.75. The van der Waals surface area contributed by atoms with E-state index in [2.05, 4.69) is 10.1 Å². The van der Waals surface area contributed by atoms with E-state index in [1.807, 2.05) is 6.92 Å². The molecule has 100 valence electrons. The maximum absolute atomic E-state index is 11.6. The predicted octanol–water partition coefficient (Wildman–Crippen LogP) is 2.40. The highest BCUT2D eigenvalue weighted by Gasteiger charge is 2.08. The van der Waals surface area contributed by atoms with Crippen molar-refractivity contribution in [2.45, 2.75) is 13.3 Å². The van der Waals surface area contributed by atoms with E-state index in [-0.39, 0.29) is 5.71 Å². The molecule has 5 heteroatoms. The van der Waals surface area contributed by atoms with Crippen LogP contribution >= 0.6 is 0 Å². The van der Waals surface area contributed by atoms with E-state index >= 15 is 0 Å². The summed E-state index contributed by atoms with van der Waals surface area (Å²) in [7, 11) is 1.30. The lowest BCUT2D eigenvalue weighted by atomic mass is 10.2. The molecule has 1 amide bonds. The molecule has 0 spiro atoms. The van der Waals surface area contributed by atoms with E-state index in [4.69, 9.17) is 5.41 Å². The first-order valence-electron chi connectivity index (χ1n) is 5.83. The Morgan fingerprint density at radius 2 is 1.95 bits per heavy atom. The molecule has 1 aromatic rings. The predicted molar refractivity (Wildman–Crippen MR) is 73.6 cm³/mol. The Hall–Kier alpha value is -2.43. The molecule has 1 aromatic carbocycles. The van der Waals surface area contributed by atoms with Crippen LogP contribution in [0.3, 0.4) is 0 Å². The van der Waals surface area contributed by atoms with Crippen LogP contribution in [0.25, 0.3) is 0 Å². The Balaban J connectivity index is 2.68. The third kappa shape index (κ3) is 4.39. The number of hydrogen-bond acceptors (Lipinski definition) is 4. The first kappa shape index (κ1) is 14.6. The minimum atomic E-state index is -0.490. The van der Waals surface area contributed by atoms with E-state index in [0.29, 0.717) is 11.3 Å². The van der Waals surface area contributed by atoms with E-state index in [0.717, 1.165) is 6.42 Å². The zero-order valence-corrected chi connectivity index (χ0v) is 10.9. The summed E-state index contributed by atoms with van der Waals surface area (Å²) in [6.07, 6.45) is 3.96. The van der Waals surface area contributed by atoms with Crippen molar-refractivity contribution in [3.8, 4) is 0 Å². The van der Waals surface area contributed by atoms with E-state index < -0.39 is 11.9 Å². The van der Waals surface area contributed by atoms with Gasteiger partial charge in [-0.05, 0) is 36.8 Å². The van der Waals surface area contributed by atoms with E-state index in [9.17, 15) is 9.59 Å². The number of anilines is 1. The van der Waals surface area contributed by atoms with Gasteiger partial charge in [-0.3, -0.25) is 10.2 Å². The lowest BCUT2D eigenvalue weighted by Crippen LogP contribution is -2.20. The van der Waals surface area contributed by atoms with E-state index in [1.165, 1.54) is 13.2 Å². The summed E-state index contributed by atoms with van der Waals surface area (Å²) in [5.41, 5.74) is 0.813. The van der Waals surface area contributed by atoms with Gasteiger partial charge >= 0.3 is 5.97 Å². The molecule has 0 heterocycles. The second kappa shape index (κ2) is 7.10. The highest BCUT2D eigenvalue weighted by atomic mass is 16.5. The fourth-order valence-corrected chi connectivity index (χ4v) is 1.32. The lowest BCUT2D eigenvalue weighted by molar-refractivity contribution is -0.110. The van der Waals surface area contributed by atoms with Crippen molar-refractivity contribution in [1.29, 1.82) is 5.41 Å². The van der Waals surface area contributed by atoms with Gasteiger partial charge in [0.1, 0.15) is 5.71 Å². The summed E-state index contributed by atoms with van der Waals surface area (Å²) < 4.78 is 4.57. The molecule has 5 nitrogen and oxygen atoms in total. The number of allylic oxidation sites excluding steroid dienone is 1. The summed E-state index contributed by atoms with van der Waals surface area (Å²) in [4.78, 5) is 22.8. The highest BCUT2D eigenvalue weighted by molar-refractivity contribution is 6.45. The number of amides is 1. The average Bonchev–Trinajstić information content (AvgIpc) is 2.44. The number of methoxy groups -OCH3 is 1.